The highest BCUT2D eigenvalue weighted by molar-refractivity contribution is 6.29. The maximum atomic E-state index is 8.70. The van der Waals surface area contributed by atoms with Crippen LogP contribution >= 0.6 is 11.6 Å². The molecule has 1 unspecified atom stereocenters. The van der Waals surface area contributed by atoms with Crippen molar-refractivity contribution in [1.29, 1.82) is 0 Å². The van der Waals surface area contributed by atoms with Crippen LogP contribution in [0.2, 0.25) is 0 Å². The first-order chi connectivity index (χ1) is 3.18. The van der Waals surface area contributed by atoms with Crippen molar-refractivity contribution in [3.8, 4) is 0 Å². The van der Waals surface area contributed by atoms with Crippen LogP contribution in [-0.2, 0) is 0 Å². The van der Waals surface area contributed by atoms with E-state index < -0.39 is 6.10 Å². The van der Waals surface area contributed by atoms with Crippen LogP contribution in [0.3, 0.4) is 0 Å². The maximum Gasteiger partial charge on any atom is 0.0887 e. The van der Waals surface area contributed by atoms with Crippen molar-refractivity contribution in [2.75, 3.05) is 0 Å². The summed E-state index contributed by atoms with van der Waals surface area (Å²) in [5.41, 5.74) is 0. The van der Waals surface area contributed by atoms with Gasteiger partial charge in [-0.05, 0) is 6.42 Å². The van der Waals surface area contributed by atoms with Crippen LogP contribution in [0.5, 0.6) is 0 Å². The van der Waals surface area contributed by atoms with Gasteiger partial charge < -0.3 is 5.11 Å². The van der Waals surface area contributed by atoms with E-state index >= 15 is 0 Å². The third-order valence-corrected chi connectivity index (χ3v) is 1.00. The van der Waals surface area contributed by atoms with Crippen LogP contribution in [0.1, 0.15) is 13.3 Å². The molecule has 1 nitrogen and oxygen atoms in total. The van der Waals surface area contributed by atoms with Gasteiger partial charge in [0.25, 0.3) is 0 Å². The minimum atomic E-state index is -0.526. The third kappa shape index (κ3) is 2.66. The summed E-state index contributed by atoms with van der Waals surface area (Å²) >= 11 is 5.28. The highest BCUT2D eigenvalue weighted by Gasteiger charge is 1.99. The number of aliphatic hydroxyl groups excluding tert-OH is 1. The van der Waals surface area contributed by atoms with Crippen LogP contribution in [0, 0.1) is 0 Å². The van der Waals surface area contributed by atoms with Gasteiger partial charge in [0, 0.05) is 5.03 Å². The molecule has 0 fully saturated rings. The lowest BCUT2D eigenvalue weighted by Crippen LogP contribution is -2.01. The lowest BCUT2D eigenvalue weighted by Gasteiger charge is -2.00. The predicted octanol–water partition coefficient (Wildman–Crippen LogP) is 1.51. The van der Waals surface area contributed by atoms with Crippen LogP contribution < -0.4 is 0 Å². The lowest BCUT2D eigenvalue weighted by molar-refractivity contribution is 0.215. The number of aliphatic hydroxyl groups is 1. The summed E-state index contributed by atoms with van der Waals surface area (Å²) in [5.74, 6) is 0. The summed E-state index contributed by atoms with van der Waals surface area (Å²) in [6, 6.07) is 0. The fourth-order valence-electron chi connectivity index (χ4n) is 0.221. The average Bonchev–Trinajstić information content (AvgIpc) is 1.65. The molecule has 2 heteroatoms. The summed E-state index contributed by atoms with van der Waals surface area (Å²) < 4.78 is 0. The molecule has 0 rings (SSSR count). The van der Waals surface area contributed by atoms with Gasteiger partial charge in [-0.15, -0.1) is 0 Å². The van der Waals surface area contributed by atoms with Crippen molar-refractivity contribution in [3.63, 3.8) is 0 Å². The molecule has 0 bridgehead atoms. The molecular weight excluding hydrogens is 112 g/mol. The molecule has 0 aromatic rings. The quantitative estimate of drug-likeness (QED) is 0.586. The molecular formula is C5H9ClO. The molecule has 0 aromatic carbocycles. The third-order valence-electron chi connectivity index (χ3n) is 0.748. The Labute approximate surface area is 48.6 Å². The second kappa shape index (κ2) is 3.05. The predicted molar refractivity (Wildman–Crippen MR) is 31.3 cm³/mol. The highest BCUT2D eigenvalue weighted by Crippen LogP contribution is 2.06. The standard InChI is InChI=1S/C5H9ClO/c1-3-5(7)4(2)6/h5,7H,2-3H2,1H3. The molecule has 1 atom stereocenters. The number of halogens is 1. The Kier molecular flexibility index (Phi) is 3.05. The number of hydrogen-bond acceptors (Lipinski definition) is 1. The Hall–Kier alpha value is -0.0100. The van der Waals surface area contributed by atoms with Crippen LogP contribution in [0.25, 0.3) is 0 Å². The topological polar surface area (TPSA) is 20.2 Å². The van der Waals surface area contributed by atoms with E-state index in [-0.39, 0.29) is 0 Å². The maximum absolute atomic E-state index is 8.70. The minimum absolute atomic E-state index is 0.322. The van der Waals surface area contributed by atoms with Gasteiger partial charge >= 0.3 is 0 Å². The zero-order valence-electron chi connectivity index (χ0n) is 4.32. The van der Waals surface area contributed by atoms with Gasteiger partial charge in [0.1, 0.15) is 0 Å². The van der Waals surface area contributed by atoms with Crippen LogP contribution in [-0.4, -0.2) is 11.2 Å². The van der Waals surface area contributed by atoms with Gasteiger partial charge in [0.05, 0.1) is 6.10 Å². The van der Waals surface area contributed by atoms with E-state index in [1.54, 1.807) is 0 Å². The molecule has 0 spiro atoms. The second-order valence-corrected chi connectivity index (χ2v) is 1.86. The van der Waals surface area contributed by atoms with Gasteiger partial charge in [0.2, 0.25) is 0 Å². The number of hydrogen-bond donors (Lipinski definition) is 1. The molecule has 0 amide bonds. The first kappa shape index (κ1) is 6.99. The summed E-state index contributed by atoms with van der Waals surface area (Å²) in [5, 5.41) is 9.03. The van der Waals surface area contributed by atoms with Crippen LogP contribution in [0.15, 0.2) is 11.6 Å². The van der Waals surface area contributed by atoms with Crippen LogP contribution in [0.4, 0.5) is 0 Å². The Balaban J connectivity index is 3.34. The molecule has 1 N–H and O–H groups in total. The normalized spacial score (nSPS) is 13.6. The first-order valence-corrected chi connectivity index (χ1v) is 2.58. The van der Waals surface area contributed by atoms with E-state index in [9.17, 15) is 0 Å². The Morgan fingerprint density at radius 2 is 2.43 bits per heavy atom. The van der Waals surface area contributed by atoms with Gasteiger partial charge in [-0.3, -0.25) is 0 Å². The fourth-order valence-corrected chi connectivity index (χ4v) is 0.376. The SMILES string of the molecule is C=C(Cl)C(O)CC. The molecule has 0 aromatic heterocycles. The Morgan fingerprint density at radius 3 is 2.43 bits per heavy atom. The van der Waals surface area contributed by atoms with Crippen molar-refractivity contribution < 1.29 is 5.11 Å². The fraction of sp³-hybridized carbons (Fsp3) is 0.600. The lowest BCUT2D eigenvalue weighted by atomic mass is 10.3. The molecule has 0 aliphatic heterocycles. The van der Waals surface area contributed by atoms with Crippen molar-refractivity contribution >= 4 is 11.6 Å². The van der Waals surface area contributed by atoms with Gasteiger partial charge in [-0.2, -0.15) is 0 Å². The van der Waals surface area contributed by atoms with E-state index in [1.165, 1.54) is 0 Å². The summed E-state index contributed by atoms with van der Waals surface area (Å²) in [6.45, 7) is 5.19. The van der Waals surface area contributed by atoms with Crippen molar-refractivity contribution in [1.82, 2.24) is 0 Å². The summed E-state index contributed by atoms with van der Waals surface area (Å²) in [7, 11) is 0. The molecule has 0 aliphatic rings. The van der Waals surface area contributed by atoms with E-state index in [2.05, 4.69) is 6.58 Å². The van der Waals surface area contributed by atoms with Crippen molar-refractivity contribution in [2.24, 2.45) is 0 Å². The molecule has 0 heterocycles. The van der Waals surface area contributed by atoms with Gasteiger partial charge in [-0.1, -0.05) is 25.1 Å². The second-order valence-electron chi connectivity index (χ2n) is 1.37. The zero-order valence-corrected chi connectivity index (χ0v) is 5.07. The molecule has 0 saturated heterocycles. The van der Waals surface area contributed by atoms with E-state index in [0.29, 0.717) is 11.5 Å². The molecule has 7 heavy (non-hydrogen) atoms. The van der Waals surface area contributed by atoms with Crippen molar-refractivity contribution in [2.45, 2.75) is 19.4 Å². The molecule has 0 radical (unpaired) electrons. The van der Waals surface area contributed by atoms with E-state index in [0.717, 1.165) is 0 Å². The number of rotatable bonds is 2. The monoisotopic (exact) mass is 120 g/mol. The zero-order chi connectivity index (χ0) is 5.86. The smallest absolute Gasteiger partial charge is 0.0887 e. The van der Waals surface area contributed by atoms with E-state index in [1.807, 2.05) is 6.92 Å². The Morgan fingerprint density at radius 1 is 2.00 bits per heavy atom. The largest absolute Gasteiger partial charge is 0.388 e. The molecule has 0 saturated carbocycles. The van der Waals surface area contributed by atoms with Crippen molar-refractivity contribution in [3.05, 3.63) is 11.6 Å². The molecule has 42 valence electrons. The Bertz CT molecular complexity index is 70.5. The highest BCUT2D eigenvalue weighted by atomic mass is 35.5. The van der Waals surface area contributed by atoms with Gasteiger partial charge in [-0.25, -0.2) is 0 Å². The summed E-state index contributed by atoms with van der Waals surface area (Å²) in [4.78, 5) is 0. The first-order valence-electron chi connectivity index (χ1n) is 2.20. The minimum Gasteiger partial charge on any atom is -0.388 e. The van der Waals surface area contributed by atoms with Gasteiger partial charge in [0.15, 0.2) is 0 Å². The summed E-state index contributed by atoms with van der Waals surface area (Å²) in [6.07, 6.45) is 0.115. The van der Waals surface area contributed by atoms with E-state index in [4.69, 9.17) is 16.7 Å². The molecule has 0 aliphatic carbocycles. The average molecular weight is 121 g/mol.